The molecule has 17 heavy (non-hydrogen) atoms. The van der Waals surface area contributed by atoms with Gasteiger partial charge in [0.25, 0.3) is 0 Å². The number of halogens is 1. The summed E-state index contributed by atoms with van der Waals surface area (Å²) in [6.45, 7) is 1.83. The Morgan fingerprint density at radius 2 is 2.18 bits per heavy atom. The number of aryl methyl sites for hydroxylation is 1. The van der Waals surface area contributed by atoms with Crippen molar-refractivity contribution < 1.29 is 4.74 Å². The van der Waals surface area contributed by atoms with Crippen LogP contribution in [0.4, 0.5) is 0 Å². The number of benzene rings is 1. The molecule has 1 aromatic carbocycles. The van der Waals surface area contributed by atoms with Crippen LogP contribution in [0.1, 0.15) is 11.4 Å². The van der Waals surface area contributed by atoms with Gasteiger partial charge in [0.05, 0.1) is 12.8 Å². The highest BCUT2D eigenvalue weighted by atomic mass is 35.5. The van der Waals surface area contributed by atoms with E-state index in [-0.39, 0.29) is 0 Å². The fourth-order valence-electron chi connectivity index (χ4n) is 1.59. The van der Waals surface area contributed by atoms with Crippen molar-refractivity contribution in [3.05, 3.63) is 40.7 Å². The third-order valence-electron chi connectivity index (χ3n) is 2.32. The highest BCUT2D eigenvalue weighted by Gasteiger charge is 2.12. The largest absolute Gasteiger partial charge is 0.494 e. The highest BCUT2D eigenvalue weighted by molar-refractivity contribution is 6.30. The van der Waals surface area contributed by atoms with Gasteiger partial charge in [-0.2, -0.15) is 10.4 Å². The molecule has 0 amide bonds. The number of nitrogens with zero attached hydrogens (tertiary/aromatic N) is 3. The first-order valence-electron chi connectivity index (χ1n) is 4.96. The van der Waals surface area contributed by atoms with E-state index in [1.165, 1.54) is 4.68 Å². The predicted molar refractivity (Wildman–Crippen MR) is 64.6 cm³/mol. The van der Waals surface area contributed by atoms with Crippen LogP contribution in [0.25, 0.3) is 5.69 Å². The van der Waals surface area contributed by atoms with E-state index in [4.69, 9.17) is 21.6 Å². The normalized spacial score (nSPS) is 10.0. The van der Waals surface area contributed by atoms with Crippen LogP contribution in [-0.2, 0) is 0 Å². The summed E-state index contributed by atoms with van der Waals surface area (Å²) < 4.78 is 6.76. The lowest BCUT2D eigenvalue weighted by molar-refractivity contribution is 0.411. The molecule has 0 aliphatic carbocycles. The summed E-state index contributed by atoms with van der Waals surface area (Å²) in [5.41, 5.74) is 1.87. The molecule has 0 fully saturated rings. The van der Waals surface area contributed by atoms with E-state index >= 15 is 0 Å². The summed E-state index contributed by atoms with van der Waals surface area (Å²) in [4.78, 5) is 0. The van der Waals surface area contributed by atoms with E-state index in [0.29, 0.717) is 22.2 Å². The van der Waals surface area contributed by atoms with Crippen LogP contribution in [0.3, 0.4) is 0 Å². The molecule has 86 valence electrons. The minimum atomic E-state index is 0.447. The molecular weight excluding hydrogens is 238 g/mol. The van der Waals surface area contributed by atoms with E-state index in [2.05, 4.69) is 11.2 Å². The second-order valence-corrected chi connectivity index (χ2v) is 3.95. The zero-order valence-corrected chi connectivity index (χ0v) is 10.2. The molecule has 5 heteroatoms. The molecule has 1 heterocycles. The van der Waals surface area contributed by atoms with Crippen molar-refractivity contribution in [2.75, 3.05) is 7.11 Å². The van der Waals surface area contributed by atoms with Gasteiger partial charge >= 0.3 is 0 Å². The fraction of sp³-hybridized carbons (Fsp3) is 0.167. The molecule has 2 rings (SSSR count). The van der Waals surface area contributed by atoms with Gasteiger partial charge in [0.2, 0.25) is 0 Å². The first kappa shape index (κ1) is 11.5. The van der Waals surface area contributed by atoms with Crippen molar-refractivity contribution in [2.45, 2.75) is 6.92 Å². The SMILES string of the molecule is COc1ccc(Cl)cc1-n1nc(C)cc1C#N. The van der Waals surface area contributed by atoms with Gasteiger partial charge in [-0.15, -0.1) is 0 Å². The summed E-state index contributed by atoms with van der Waals surface area (Å²) in [5, 5.41) is 13.9. The number of rotatable bonds is 2. The molecule has 0 atom stereocenters. The predicted octanol–water partition coefficient (Wildman–Crippen LogP) is 2.71. The van der Waals surface area contributed by atoms with Crippen LogP contribution in [-0.4, -0.2) is 16.9 Å². The molecule has 0 saturated heterocycles. The lowest BCUT2D eigenvalue weighted by atomic mass is 10.3. The Kier molecular flexibility index (Phi) is 3.03. The van der Waals surface area contributed by atoms with Crippen LogP contribution in [0.15, 0.2) is 24.3 Å². The van der Waals surface area contributed by atoms with Crippen molar-refractivity contribution in [3.63, 3.8) is 0 Å². The summed E-state index contributed by atoms with van der Waals surface area (Å²) in [6, 6.07) is 8.99. The lowest BCUT2D eigenvalue weighted by Crippen LogP contribution is -2.02. The van der Waals surface area contributed by atoms with Crippen molar-refractivity contribution in [3.8, 4) is 17.5 Å². The summed E-state index contributed by atoms with van der Waals surface area (Å²) in [7, 11) is 1.56. The molecule has 0 aliphatic heterocycles. The molecule has 0 saturated carbocycles. The molecule has 2 aromatic rings. The van der Waals surface area contributed by atoms with Crippen molar-refractivity contribution in [1.82, 2.24) is 9.78 Å². The lowest BCUT2D eigenvalue weighted by Gasteiger charge is -2.09. The van der Waals surface area contributed by atoms with Gasteiger partial charge in [-0.05, 0) is 31.2 Å². The van der Waals surface area contributed by atoms with Gasteiger partial charge in [-0.1, -0.05) is 11.6 Å². The Morgan fingerprint density at radius 3 is 2.82 bits per heavy atom. The Hall–Kier alpha value is -1.99. The standard InChI is InChI=1S/C12H10ClN3O/c1-8-5-10(7-14)16(15-8)11-6-9(13)3-4-12(11)17-2/h3-6H,1-2H3. The minimum Gasteiger partial charge on any atom is -0.494 e. The van der Waals surface area contributed by atoms with Crippen LogP contribution in [0, 0.1) is 18.3 Å². The van der Waals surface area contributed by atoms with Gasteiger partial charge in [-0.25, -0.2) is 4.68 Å². The van der Waals surface area contributed by atoms with Gasteiger partial charge in [-0.3, -0.25) is 0 Å². The summed E-state index contributed by atoms with van der Waals surface area (Å²) >= 11 is 5.95. The Balaban J connectivity index is 2.67. The Morgan fingerprint density at radius 1 is 1.41 bits per heavy atom. The molecule has 0 bridgehead atoms. The topological polar surface area (TPSA) is 50.8 Å². The molecular formula is C12H10ClN3O. The number of nitriles is 1. The third kappa shape index (κ3) is 2.10. The monoisotopic (exact) mass is 247 g/mol. The fourth-order valence-corrected chi connectivity index (χ4v) is 1.76. The molecule has 4 nitrogen and oxygen atoms in total. The molecule has 0 radical (unpaired) electrons. The maximum absolute atomic E-state index is 9.04. The van der Waals surface area contributed by atoms with Crippen LogP contribution in [0.2, 0.25) is 5.02 Å². The number of hydrogen-bond acceptors (Lipinski definition) is 3. The van der Waals surface area contributed by atoms with Crippen LogP contribution in [0.5, 0.6) is 5.75 Å². The number of aromatic nitrogens is 2. The maximum Gasteiger partial charge on any atom is 0.144 e. The van der Waals surface area contributed by atoms with E-state index in [1.54, 1.807) is 31.4 Å². The molecule has 0 N–H and O–H groups in total. The number of ether oxygens (including phenoxy) is 1. The maximum atomic E-state index is 9.04. The first-order valence-corrected chi connectivity index (χ1v) is 5.34. The highest BCUT2D eigenvalue weighted by Crippen LogP contribution is 2.27. The van der Waals surface area contributed by atoms with Crippen molar-refractivity contribution >= 4 is 11.6 Å². The second-order valence-electron chi connectivity index (χ2n) is 3.51. The average Bonchev–Trinajstić information content (AvgIpc) is 2.70. The van der Waals surface area contributed by atoms with Crippen molar-refractivity contribution in [2.24, 2.45) is 0 Å². The minimum absolute atomic E-state index is 0.447. The van der Waals surface area contributed by atoms with Gasteiger partial charge in [0.15, 0.2) is 0 Å². The zero-order valence-electron chi connectivity index (χ0n) is 9.44. The number of hydrogen-bond donors (Lipinski definition) is 0. The average molecular weight is 248 g/mol. The van der Waals surface area contributed by atoms with E-state index < -0.39 is 0 Å². The molecule has 0 unspecified atom stereocenters. The summed E-state index contributed by atoms with van der Waals surface area (Å²) in [5.74, 6) is 0.619. The number of methoxy groups -OCH3 is 1. The van der Waals surface area contributed by atoms with Gasteiger partial charge in [0, 0.05) is 5.02 Å². The first-order chi connectivity index (χ1) is 8.15. The van der Waals surface area contributed by atoms with Crippen LogP contribution < -0.4 is 4.74 Å². The van der Waals surface area contributed by atoms with Gasteiger partial charge in [0.1, 0.15) is 23.2 Å². The van der Waals surface area contributed by atoms with Gasteiger partial charge < -0.3 is 4.74 Å². The van der Waals surface area contributed by atoms with E-state index in [9.17, 15) is 0 Å². The van der Waals surface area contributed by atoms with Crippen molar-refractivity contribution in [1.29, 1.82) is 5.26 Å². The van der Waals surface area contributed by atoms with E-state index in [1.807, 2.05) is 6.92 Å². The molecule has 1 aromatic heterocycles. The smallest absolute Gasteiger partial charge is 0.144 e. The Labute approximate surface area is 104 Å². The molecule has 0 spiro atoms. The van der Waals surface area contributed by atoms with E-state index in [0.717, 1.165) is 5.69 Å². The third-order valence-corrected chi connectivity index (χ3v) is 2.55. The second kappa shape index (κ2) is 4.48. The summed E-state index contributed by atoms with van der Waals surface area (Å²) in [6.07, 6.45) is 0. The zero-order chi connectivity index (χ0) is 12.4. The Bertz CT molecular complexity index is 598. The quantitative estimate of drug-likeness (QED) is 0.820. The molecule has 0 aliphatic rings. The van der Waals surface area contributed by atoms with Crippen LogP contribution >= 0.6 is 11.6 Å².